The number of hydrogen-bond donors (Lipinski definition) is 1. The van der Waals surface area contributed by atoms with E-state index in [0.29, 0.717) is 21.8 Å². The minimum atomic E-state index is -0.399. The topological polar surface area (TPSA) is 81.1 Å². The highest BCUT2D eigenvalue weighted by Crippen LogP contribution is 2.24. The first-order valence-corrected chi connectivity index (χ1v) is 9.30. The fourth-order valence-corrected chi connectivity index (χ4v) is 3.12. The molecule has 0 spiro atoms. The summed E-state index contributed by atoms with van der Waals surface area (Å²) in [6.45, 7) is 3.41. The molecule has 3 rings (SSSR count). The molecule has 0 unspecified atom stereocenters. The van der Waals surface area contributed by atoms with Crippen LogP contribution in [0.5, 0.6) is 0 Å². The zero-order valence-electron chi connectivity index (χ0n) is 15.2. The second-order valence-corrected chi connectivity index (χ2v) is 7.45. The monoisotopic (exact) mass is 417 g/mol. The summed E-state index contributed by atoms with van der Waals surface area (Å²) in [4.78, 5) is 41.1. The molecule has 0 atom stereocenters. The van der Waals surface area contributed by atoms with Gasteiger partial charge in [-0.2, -0.15) is 0 Å². The van der Waals surface area contributed by atoms with Crippen molar-refractivity contribution in [1.82, 2.24) is 9.55 Å². The van der Waals surface area contributed by atoms with Crippen molar-refractivity contribution in [2.45, 2.75) is 20.4 Å². The van der Waals surface area contributed by atoms with Crippen molar-refractivity contribution in [1.29, 1.82) is 0 Å². The lowest BCUT2D eigenvalue weighted by molar-refractivity contribution is -0.118. The first-order valence-electron chi connectivity index (χ1n) is 8.54. The van der Waals surface area contributed by atoms with Crippen molar-refractivity contribution in [3.8, 4) is 0 Å². The van der Waals surface area contributed by atoms with Gasteiger partial charge in [-0.25, -0.2) is 4.98 Å². The van der Waals surface area contributed by atoms with Crippen molar-refractivity contribution in [3.05, 3.63) is 68.7 Å². The van der Waals surface area contributed by atoms with Gasteiger partial charge in [-0.1, -0.05) is 37.0 Å². The van der Waals surface area contributed by atoms with Crippen LogP contribution in [-0.2, 0) is 11.3 Å². The van der Waals surface area contributed by atoms with Crippen LogP contribution in [0.25, 0.3) is 10.9 Å². The number of carbonyl (C=O) groups is 2. The fraction of sp³-hybridized carbons (Fsp3) is 0.200. The molecule has 0 saturated heterocycles. The van der Waals surface area contributed by atoms with E-state index in [1.54, 1.807) is 38.1 Å². The molecule has 0 aliphatic carbocycles. The maximum absolute atomic E-state index is 12.6. The van der Waals surface area contributed by atoms with E-state index >= 15 is 0 Å². The number of anilines is 1. The lowest BCUT2D eigenvalue weighted by Crippen LogP contribution is -2.24. The SMILES string of the molecule is CC(C)C(=O)Nc1ccc(C(=O)Cn2cnc3c(Cl)cc(Cl)cc3c2=O)cc1. The molecular weight excluding hydrogens is 401 g/mol. The van der Waals surface area contributed by atoms with Crippen LogP contribution in [0.3, 0.4) is 0 Å². The average Bonchev–Trinajstić information content (AvgIpc) is 2.64. The quantitative estimate of drug-likeness (QED) is 0.631. The summed E-state index contributed by atoms with van der Waals surface area (Å²) < 4.78 is 1.21. The van der Waals surface area contributed by atoms with E-state index in [0.717, 1.165) is 0 Å². The van der Waals surface area contributed by atoms with Gasteiger partial charge in [-0.05, 0) is 36.4 Å². The first kappa shape index (κ1) is 20.0. The van der Waals surface area contributed by atoms with E-state index in [2.05, 4.69) is 10.3 Å². The number of aromatic nitrogens is 2. The molecule has 1 amide bonds. The summed E-state index contributed by atoms with van der Waals surface area (Å²) in [5.41, 5.74) is 0.955. The van der Waals surface area contributed by atoms with Crippen molar-refractivity contribution < 1.29 is 9.59 Å². The lowest BCUT2D eigenvalue weighted by atomic mass is 10.1. The molecule has 0 bridgehead atoms. The lowest BCUT2D eigenvalue weighted by Gasteiger charge is -2.09. The Morgan fingerprint density at radius 3 is 2.46 bits per heavy atom. The molecule has 0 aliphatic rings. The number of benzene rings is 2. The second-order valence-electron chi connectivity index (χ2n) is 6.61. The zero-order valence-corrected chi connectivity index (χ0v) is 16.7. The van der Waals surface area contributed by atoms with Crippen LogP contribution < -0.4 is 10.9 Å². The highest BCUT2D eigenvalue weighted by atomic mass is 35.5. The van der Waals surface area contributed by atoms with Gasteiger partial charge in [0.05, 0.1) is 28.8 Å². The zero-order chi connectivity index (χ0) is 20.4. The van der Waals surface area contributed by atoms with Crippen molar-refractivity contribution in [3.63, 3.8) is 0 Å². The van der Waals surface area contributed by atoms with Gasteiger partial charge in [-0.3, -0.25) is 19.0 Å². The Bertz CT molecular complexity index is 1120. The third-order valence-electron chi connectivity index (χ3n) is 4.16. The number of halogens is 2. The molecule has 144 valence electrons. The van der Waals surface area contributed by atoms with Gasteiger partial charge in [0, 0.05) is 22.2 Å². The van der Waals surface area contributed by atoms with Crippen LogP contribution in [0, 0.1) is 5.92 Å². The molecule has 8 heteroatoms. The van der Waals surface area contributed by atoms with E-state index in [9.17, 15) is 14.4 Å². The summed E-state index contributed by atoms with van der Waals surface area (Å²) in [5.74, 6) is -0.515. The van der Waals surface area contributed by atoms with E-state index in [-0.39, 0.29) is 34.6 Å². The highest BCUT2D eigenvalue weighted by molar-refractivity contribution is 6.38. The highest BCUT2D eigenvalue weighted by Gasteiger charge is 2.13. The molecule has 1 heterocycles. The van der Waals surface area contributed by atoms with Crippen molar-refractivity contribution in [2.75, 3.05) is 5.32 Å². The third kappa shape index (κ3) is 4.24. The molecule has 0 fully saturated rings. The number of rotatable bonds is 5. The van der Waals surface area contributed by atoms with E-state index in [1.807, 2.05) is 0 Å². The first-order chi connectivity index (χ1) is 13.3. The maximum Gasteiger partial charge on any atom is 0.261 e. The smallest absolute Gasteiger partial charge is 0.261 e. The second kappa shape index (κ2) is 8.12. The van der Waals surface area contributed by atoms with Crippen LogP contribution in [0.2, 0.25) is 10.0 Å². The van der Waals surface area contributed by atoms with E-state index in [1.165, 1.54) is 23.0 Å². The molecule has 0 radical (unpaired) electrons. The van der Waals surface area contributed by atoms with Gasteiger partial charge in [0.15, 0.2) is 5.78 Å². The number of fused-ring (bicyclic) bond motifs is 1. The third-order valence-corrected chi connectivity index (χ3v) is 4.66. The molecule has 0 saturated carbocycles. The maximum atomic E-state index is 12.6. The predicted octanol–water partition coefficient (Wildman–Crippen LogP) is 4.18. The average molecular weight is 418 g/mol. The van der Waals surface area contributed by atoms with Gasteiger partial charge in [-0.15, -0.1) is 0 Å². The van der Waals surface area contributed by atoms with Crippen LogP contribution in [-0.4, -0.2) is 21.2 Å². The largest absolute Gasteiger partial charge is 0.326 e. The Balaban J connectivity index is 1.82. The van der Waals surface area contributed by atoms with Crippen LogP contribution >= 0.6 is 23.2 Å². The molecule has 1 N–H and O–H groups in total. The minimum Gasteiger partial charge on any atom is -0.326 e. The molecule has 6 nitrogen and oxygen atoms in total. The van der Waals surface area contributed by atoms with Crippen LogP contribution in [0.1, 0.15) is 24.2 Å². The summed E-state index contributed by atoms with van der Waals surface area (Å²) >= 11 is 12.0. The van der Waals surface area contributed by atoms with Gasteiger partial charge < -0.3 is 5.32 Å². The van der Waals surface area contributed by atoms with Crippen molar-refractivity contribution in [2.24, 2.45) is 5.92 Å². The molecular formula is C20H17Cl2N3O3. The standard InChI is InChI=1S/C20H17Cl2N3O3/c1-11(2)19(27)24-14-5-3-12(4-6-14)17(26)9-25-10-23-18-15(20(25)28)7-13(21)8-16(18)22/h3-8,10-11H,9H2,1-2H3,(H,24,27). The predicted molar refractivity (Wildman–Crippen MR) is 110 cm³/mol. The fourth-order valence-electron chi connectivity index (χ4n) is 2.58. The summed E-state index contributed by atoms with van der Waals surface area (Å²) in [6, 6.07) is 9.48. The number of carbonyl (C=O) groups excluding carboxylic acids is 2. The number of nitrogens with zero attached hydrogens (tertiary/aromatic N) is 2. The van der Waals surface area contributed by atoms with Gasteiger partial charge >= 0.3 is 0 Å². The number of ketones is 1. The summed E-state index contributed by atoms with van der Waals surface area (Å²) in [6.07, 6.45) is 1.29. The van der Waals surface area contributed by atoms with E-state index in [4.69, 9.17) is 23.2 Å². The number of hydrogen-bond acceptors (Lipinski definition) is 4. The van der Waals surface area contributed by atoms with Crippen LogP contribution in [0.4, 0.5) is 5.69 Å². The Hall–Kier alpha value is -2.70. The Kier molecular flexibility index (Phi) is 5.82. The van der Waals surface area contributed by atoms with Gasteiger partial charge in [0.25, 0.3) is 5.56 Å². The Morgan fingerprint density at radius 1 is 1.14 bits per heavy atom. The number of amides is 1. The Labute approximate surface area is 171 Å². The summed E-state index contributed by atoms with van der Waals surface area (Å²) in [5, 5.41) is 3.60. The molecule has 0 aliphatic heterocycles. The van der Waals surface area contributed by atoms with Gasteiger partial charge in [0.1, 0.15) is 0 Å². The molecule has 28 heavy (non-hydrogen) atoms. The normalized spacial score (nSPS) is 11.0. The summed E-state index contributed by atoms with van der Waals surface area (Å²) in [7, 11) is 0. The van der Waals surface area contributed by atoms with Gasteiger partial charge in [0.2, 0.25) is 5.91 Å². The van der Waals surface area contributed by atoms with Crippen molar-refractivity contribution >= 4 is 51.5 Å². The minimum absolute atomic E-state index is 0.106. The van der Waals surface area contributed by atoms with Crippen LogP contribution in [0.15, 0.2) is 47.5 Å². The molecule has 3 aromatic rings. The number of nitrogens with one attached hydrogen (secondary N) is 1. The molecule has 1 aromatic heterocycles. The number of Topliss-reactive ketones (excluding diaryl/α,β-unsaturated/α-hetero) is 1. The Morgan fingerprint density at radius 2 is 1.82 bits per heavy atom. The molecule has 2 aromatic carbocycles. The van der Waals surface area contributed by atoms with E-state index < -0.39 is 5.56 Å².